The Kier molecular flexibility index (Phi) is 5.02. The van der Waals surface area contributed by atoms with Crippen molar-refractivity contribution in [2.24, 2.45) is 0 Å². The fourth-order valence-corrected chi connectivity index (χ4v) is 4.39. The molecule has 0 aromatic rings. The maximum Gasteiger partial charge on any atom is 0.281 e. The molecule has 0 N–H and O–H groups in total. The first-order chi connectivity index (χ1) is 7.02. The van der Waals surface area contributed by atoms with E-state index < -0.39 is 10.2 Å². The molecule has 1 rings (SSSR count). The highest BCUT2D eigenvalue weighted by molar-refractivity contribution is 9.09. The van der Waals surface area contributed by atoms with Gasteiger partial charge in [0.15, 0.2) is 0 Å². The van der Waals surface area contributed by atoms with Gasteiger partial charge in [0.2, 0.25) is 0 Å². The van der Waals surface area contributed by atoms with E-state index in [9.17, 15) is 8.42 Å². The fraction of sp³-hybridized carbons (Fsp3) is 1.00. The third kappa shape index (κ3) is 3.15. The number of alkyl halides is 1. The molecule has 4 nitrogen and oxygen atoms in total. The van der Waals surface area contributed by atoms with Crippen molar-refractivity contribution in [1.82, 2.24) is 8.61 Å². The average molecular weight is 299 g/mol. The Hall–Kier alpha value is 0.350. The second-order valence-electron chi connectivity index (χ2n) is 3.69. The molecule has 1 aliphatic heterocycles. The summed E-state index contributed by atoms with van der Waals surface area (Å²) in [5.74, 6) is 0. The van der Waals surface area contributed by atoms with Gasteiger partial charge in [-0.25, -0.2) is 0 Å². The lowest BCUT2D eigenvalue weighted by molar-refractivity contribution is 0.316. The molecule has 15 heavy (non-hydrogen) atoms. The van der Waals surface area contributed by atoms with Crippen LogP contribution in [0.25, 0.3) is 0 Å². The van der Waals surface area contributed by atoms with E-state index in [0.29, 0.717) is 31.0 Å². The van der Waals surface area contributed by atoms with Crippen LogP contribution in [0.15, 0.2) is 0 Å². The largest absolute Gasteiger partial charge is 0.281 e. The molecule has 1 fully saturated rings. The Balaban J connectivity index is 2.75. The summed E-state index contributed by atoms with van der Waals surface area (Å²) in [6, 6.07) is 0. The number of halogens is 1. The van der Waals surface area contributed by atoms with Crippen molar-refractivity contribution in [3.8, 4) is 0 Å². The fourth-order valence-electron chi connectivity index (χ4n) is 1.82. The van der Waals surface area contributed by atoms with E-state index in [-0.39, 0.29) is 0 Å². The molecule has 0 radical (unpaired) electrons. The van der Waals surface area contributed by atoms with Crippen molar-refractivity contribution >= 4 is 26.1 Å². The molecule has 90 valence electrons. The van der Waals surface area contributed by atoms with Crippen LogP contribution in [0, 0.1) is 0 Å². The molecule has 1 heterocycles. The van der Waals surface area contributed by atoms with Gasteiger partial charge in [-0.15, -0.1) is 0 Å². The monoisotopic (exact) mass is 298 g/mol. The van der Waals surface area contributed by atoms with Gasteiger partial charge in [-0.2, -0.15) is 17.0 Å². The number of nitrogens with zero attached hydrogens (tertiary/aromatic N) is 2. The van der Waals surface area contributed by atoms with Crippen LogP contribution in [0.5, 0.6) is 0 Å². The Morgan fingerprint density at radius 2 is 2.00 bits per heavy atom. The third-order valence-electron chi connectivity index (χ3n) is 2.68. The molecule has 1 aliphatic rings. The van der Waals surface area contributed by atoms with Crippen molar-refractivity contribution < 1.29 is 8.42 Å². The molecule has 0 aromatic carbocycles. The lowest BCUT2D eigenvalue weighted by Crippen LogP contribution is -2.48. The average Bonchev–Trinajstić information content (AvgIpc) is 2.19. The molecule has 0 amide bonds. The highest BCUT2D eigenvalue weighted by atomic mass is 79.9. The summed E-state index contributed by atoms with van der Waals surface area (Å²) < 4.78 is 27.3. The smallest absolute Gasteiger partial charge is 0.195 e. The number of rotatable bonds is 4. The molecule has 0 bridgehead atoms. The summed E-state index contributed by atoms with van der Waals surface area (Å²) in [5, 5.41) is 0. The second-order valence-corrected chi connectivity index (χ2v) is 6.91. The van der Waals surface area contributed by atoms with Gasteiger partial charge in [0, 0.05) is 31.0 Å². The van der Waals surface area contributed by atoms with E-state index in [1.165, 1.54) is 4.31 Å². The minimum Gasteiger partial charge on any atom is -0.195 e. The first-order valence-corrected chi connectivity index (χ1v) is 7.72. The van der Waals surface area contributed by atoms with E-state index in [1.54, 1.807) is 4.31 Å². The predicted molar refractivity (Wildman–Crippen MR) is 65.4 cm³/mol. The van der Waals surface area contributed by atoms with Crippen molar-refractivity contribution in [3.63, 3.8) is 0 Å². The maximum absolute atomic E-state index is 12.1. The summed E-state index contributed by atoms with van der Waals surface area (Å²) in [7, 11) is -3.22. The van der Waals surface area contributed by atoms with Crippen LogP contribution in [-0.4, -0.2) is 48.0 Å². The van der Waals surface area contributed by atoms with Crippen molar-refractivity contribution in [2.45, 2.75) is 31.5 Å². The minimum atomic E-state index is -3.22. The Bertz CT molecular complexity index is 290. The topological polar surface area (TPSA) is 40.6 Å². The highest BCUT2D eigenvalue weighted by Gasteiger charge is 2.31. The van der Waals surface area contributed by atoms with Gasteiger partial charge in [0.25, 0.3) is 10.2 Å². The van der Waals surface area contributed by atoms with E-state index in [0.717, 1.165) is 12.8 Å². The van der Waals surface area contributed by atoms with Crippen LogP contribution in [0.1, 0.15) is 26.7 Å². The van der Waals surface area contributed by atoms with Crippen molar-refractivity contribution in [3.05, 3.63) is 0 Å². The van der Waals surface area contributed by atoms with Crippen molar-refractivity contribution in [2.75, 3.05) is 26.2 Å². The van der Waals surface area contributed by atoms with Gasteiger partial charge < -0.3 is 0 Å². The highest BCUT2D eigenvalue weighted by Crippen LogP contribution is 2.20. The van der Waals surface area contributed by atoms with E-state index in [1.807, 2.05) is 13.8 Å². The van der Waals surface area contributed by atoms with Crippen LogP contribution in [-0.2, 0) is 10.2 Å². The first-order valence-electron chi connectivity index (χ1n) is 5.41. The number of hydrogen-bond donors (Lipinski definition) is 0. The van der Waals surface area contributed by atoms with Gasteiger partial charge in [0.05, 0.1) is 0 Å². The number of piperidine rings is 1. The lowest BCUT2D eigenvalue weighted by Gasteiger charge is -2.33. The molecular weight excluding hydrogens is 280 g/mol. The molecule has 0 aliphatic carbocycles. The maximum atomic E-state index is 12.1. The molecular formula is C9H19BrN2O2S. The van der Waals surface area contributed by atoms with Crippen molar-refractivity contribution in [1.29, 1.82) is 0 Å². The summed E-state index contributed by atoms with van der Waals surface area (Å²) in [6.07, 6.45) is 2.00. The van der Waals surface area contributed by atoms with Crippen LogP contribution in [0.2, 0.25) is 0 Å². The summed E-state index contributed by atoms with van der Waals surface area (Å²) in [5.41, 5.74) is 0. The second kappa shape index (κ2) is 5.61. The Morgan fingerprint density at radius 1 is 1.40 bits per heavy atom. The third-order valence-corrected chi connectivity index (χ3v) is 5.59. The molecule has 0 saturated carbocycles. The first kappa shape index (κ1) is 13.4. The number of hydrogen-bond acceptors (Lipinski definition) is 2. The SMILES string of the molecule is CCN(CC)S(=O)(=O)N1CCCC(Br)C1. The zero-order valence-corrected chi connectivity index (χ0v) is 11.7. The van der Waals surface area contributed by atoms with E-state index in [2.05, 4.69) is 15.9 Å². The molecule has 1 saturated heterocycles. The van der Waals surface area contributed by atoms with Gasteiger partial charge in [-0.3, -0.25) is 0 Å². The predicted octanol–water partition coefficient (Wildman–Crippen LogP) is 1.43. The summed E-state index contributed by atoms with van der Waals surface area (Å²) in [4.78, 5) is 0.302. The molecule has 1 unspecified atom stereocenters. The van der Waals surface area contributed by atoms with Gasteiger partial charge in [-0.05, 0) is 12.8 Å². The van der Waals surface area contributed by atoms with Crippen LogP contribution < -0.4 is 0 Å². The van der Waals surface area contributed by atoms with Crippen LogP contribution >= 0.6 is 15.9 Å². The summed E-state index contributed by atoms with van der Waals surface area (Å²) in [6.45, 7) is 6.08. The Morgan fingerprint density at radius 3 is 2.47 bits per heavy atom. The zero-order chi connectivity index (χ0) is 11.5. The van der Waals surface area contributed by atoms with E-state index >= 15 is 0 Å². The normalized spacial score (nSPS) is 24.7. The van der Waals surface area contributed by atoms with Gasteiger partial charge in [-0.1, -0.05) is 29.8 Å². The lowest BCUT2D eigenvalue weighted by atomic mass is 10.2. The standard InChI is InChI=1S/C9H19BrN2O2S/c1-3-11(4-2)15(13,14)12-7-5-6-9(10)8-12/h9H,3-8H2,1-2H3. The van der Waals surface area contributed by atoms with E-state index in [4.69, 9.17) is 0 Å². The van der Waals surface area contributed by atoms with Gasteiger partial charge >= 0.3 is 0 Å². The Labute approximate surface area is 101 Å². The molecule has 1 atom stereocenters. The molecule has 6 heteroatoms. The zero-order valence-electron chi connectivity index (χ0n) is 9.32. The van der Waals surface area contributed by atoms with Crippen LogP contribution in [0.4, 0.5) is 0 Å². The quantitative estimate of drug-likeness (QED) is 0.737. The molecule has 0 spiro atoms. The van der Waals surface area contributed by atoms with Crippen LogP contribution in [0.3, 0.4) is 0 Å². The minimum absolute atomic E-state index is 0.302. The molecule has 0 aromatic heterocycles. The van der Waals surface area contributed by atoms with Gasteiger partial charge in [0.1, 0.15) is 0 Å². The summed E-state index contributed by atoms with van der Waals surface area (Å²) >= 11 is 3.49.